The molecule has 0 amide bonds. The van der Waals surface area contributed by atoms with Gasteiger partial charge in [0.05, 0.1) is 0 Å². The lowest BCUT2D eigenvalue weighted by molar-refractivity contribution is -0.120. The molecular formula is C10H12OS. The predicted molar refractivity (Wildman–Crippen MR) is 50.5 cm³/mol. The van der Waals surface area contributed by atoms with Crippen LogP contribution in [0.3, 0.4) is 0 Å². The summed E-state index contributed by atoms with van der Waals surface area (Å²) >= 11 is 1.72. The maximum absolute atomic E-state index is 11.2. The van der Waals surface area contributed by atoms with Gasteiger partial charge in [0.2, 0.25) is 0 Å². The first-order chi connectivity index (χ1) is 5.86. The largest absolute Gasteiger partial charge is 0.300 e. The lowest BCUT2D eigenvalue weighted by atomic mass is 9.85. The number of Topliss-reactive ketones (excluding diaryl/α,β-unsaturated/α-hetero) is 1. The first-order valence-corrected chi connectivity index (χ1v) is 5.34. The van der Waals surface area contributed by atoms with Crippen LogP contribution in [0.1, 0.15) is 37.2 Å². The summed E-state index contributed by atoms with van der Waals surface area (Å²) in [7, 11) is 0. The van der Waals surface area contributed by atoms with Gasteiger partial charge in [-0.05, 0) is 41.1 Å². The van der Waals surface area contributed by atoms with Crippen LogP contribution in [0.25, 0.3) is 0 Å². The van der Waals surface area contributed by atoms with Gasteiger partial charge in [-0.15, -0.1) is 0 Å². The molecule has 0 spiro atoms. The molecule has 1 nitrogen and oxygen atoms in total. The Kier molecular flexibility index (Phi) is 2.26. The van der Waals surface area contributed by atoms with Crippen LogP contribution >= 0.6 is 11.3 Å². The van der Waals surface area contributed by atoms with E-state index in [4.69, 9.17) is 0 Å². The highest BCUT2D eigenvalue weighted by molar-refractivity contribution is 7.07. The van der Waals surface area contributed by atoms with Crippen LogP contribution in [0.15, 0.2) is 16.8 Å². The number of carbonyl (C=O) groups is 1. The van der Waals surface area contributed by atoms with Crippen molar-refractivity contribution >= 4 is 17.1 Å². The van der Waals surface area contributed by atoms with Crippen LogP contribution < -0.4 is 0 Å². The molecule has 0 N–H and O–H groups in total. The molecule has 0 radical (unpaired) electrons. The van der Waals surface area contributed by atoms with Crippen molar-refractivity contribution in [3.63, 3.8) is 0 Å². The van der Waals surface area contributed by atoms with E-state index in [2.05, 4.69) is 16.8 Å². The van der Waals surface area contributed by atoms with E-state index in [9.17, 15) is 4.79 Å². The van der Waals surface area contributed by atoms with E-state index in [1.807, 2.05) is 0 Å². The number of ketones is 1. The maximum Gasteiger partial charge on any atom is 0.133 e. The van der Waals surface area contributed by atoms with E-state index in [0.29, 0.717) is 11.7 Å². The van der Waals surface area contributed by atoms with Gasteiger partial charge in [0.15, 0.2) is 0 Å². The third kappa shape index (κ3) is 1.58. The van der Waals surface area contributed by atoms with Crippen LogP contribution in [0.2, 0.25) is 0 Å². The molecule has 0 saturated heterocycles. The van der Waals surface area contributed by atoms with E-state index in [0.717, 1.165) is 19.3 Å². The lowest BCUT2D eigenvalue weighted by Crippen LogP contribution is -2.12. The Labute approximate surface area is 76.4 Å². The van der Waals surface area contributed by atoms with Crippen molar-refractivity contribution in [2.75, 3.05) is 0 Å². The fourth-order valence-electron chi connectivity index (χ4n) is 1.82. The molecule has 1 heterocycles. The normalized spacial score (nSPS) is 24.3. The topological polar surface area (TPSA) is 17.1 Å². The van der Waals surface area contributed by atoms with E-state index >= 15 is 0 Å². The minimum absolute atomic E-state index is 0.442. The first kappa shape index (κ1) is 7.99. The Morgan fingerprint density at radius 1 is 1.50 bits per heavy atom. The summed E-state index contributed by atoms with van der Waals surface area (Å²) < 4.78 is 0. The molecule has 0 aliphatic heterocycles. The van der Waals surface area contributed by atoms with E-state index in [1.165, 1.54) is 12.0 Å². The van der Waals surface area contributed by atoms with Crippen LogP contribution in [0.5, 0.6) is 0 Å². The summed E-state index contributed by atoms with van der Waals surface area (Å²) in [6, 6.07) is 2.15. The third-order valence-electron chi connectivity index (χ3n) is 2.50. The second-order valence-electron chi connectivity index (χ2n) is 3.39. The molecule has 1 atom stereocenters. The molecule has 1 aromatic heterocycles. The van der Waals surface area contributed by atoms with Gasteiger partial charge in [0, 0.05) is 12.8 Å². The summed E-state index contributed by atoms with van der Waals surface area (Å²) in [6.45, 7) is 0. The average molecular weight is 180 g/mol. The summed E-state index contributed by atoms with van der Waals surface area (Å²) in [5.41, 5.74) is 1.37. The molecule has 1 fully saturated rings. The molecule has 12 heavy (non-hydrogen) atoms. The number of thiophene rings is 1. The summed E-state index contributed by atoms with van der Waals surface area (Å²) in [5, 5.41) is 4.26. The van der Waals surface area contributed by atoms with Crippen molar-refractivity contribution in [1.29, 1.82) is 0 Å². The Hall–Kier alpha value is -0.630. The Balaban J connectivity index is 2.09. The molecule has 0 aromatic carbocycles. The smallest absolute Gasteiger partial charge is 0.133 e. The minimum Gasteiger partial charge on any atom is -0.300 e. The van der Waals surface area contributed by atoms with Gasteiger partial charge in [0.25, 0.3) is 0 Å². The van der Waals surface area contributed by atoms with Crippen LogP contribution in [-0.2, 0) is 4.79 Å². The zero-order valence-electron chi connectivity index (χ0n) is 6.95. The zero-order valence-corrected chi connectivity index (χ0v) is 7.77. The second-order valence-corrected chi connectivity index (χ2v) is 4.17. The maximum atomic E-state index is 11.2. The lowest BCUT2D eigenvalue weighted by Gasteiger charge is -2.19. The van der Waals surface area contributed by atoms with Crippen LogP contribution in [0, 0.1) is 0 Å². The standard InChI is InChI=1S/C10H12OS/c11-10-3-1-2-8(6-10)9-4-5-12-7-9/h4-5,7-8H,1-3,6H2. The number of hydrogen-bond acceptors (Lipinski definition) is 2. The van der Waals surface area contributed by atoms with E-state index < -0.39 is 0 Å². The summed E-state index contributed by atoms with van der Waals surface area (Å²) in [6.07, 6.45) is 3.86. The number of hydrogen-bond donors (Lipinski definition) is 0. The third-order valence-corrected chi connectivity index (χ3v) is 3.20. The molecule has 64 valence electrons. The van der Waals surface area contributed by atoms with Gasteiger partial charge >= 0.3 is 0 Å². The van der Waals surface area contributed by atoms with Gasteiger partial charge in [0.1, 0.15) is 5.78 Å². The molecule has 1 aromatic rings. The molecule has 0 bridgehead atoms. The molecule has 2 heteroatoms. The highest BCUT2D eigenvalue weighted by Gasteiger charge is 2.20. The quantitative estimate of drug-likeness (QED) is 0.649. The van der Waals surface area contributed by atoms with Crippen molar-refractivity contribution in [3.8, 4) is 0 Å². The molecule has 1 aliphatic carbocycles. The monoisotopic (exact) mass is 180 g/mol. The molecular weight excluding hydrogens is 168 g/mol. The van der Waals surface area contributed by atoms with E-state index in [-0.39, 0.29) is 0 Å². The van der Waals surface area contributed by atoms with E-state index in [1.54, 1.807) is 11.3 Å². The Morgan fingerprint density at radius 3 is 3.08 bits per heavy atom. The Morgan fingerprint density at radius 2 is 2.42 bits per heavy atom. The van der Waals surface area contributed by atoms with Gasteiger partial charge in [-0.3, -0.25) is 4.79 Å². The van der Waals surface area contributed by atoms with Crippen LogP contribution in [-0.4, -0.2) is 5.78 Å². The van der Waals surface area contributed by atoms with Crippen LogP contribution in [0.4, 0.5) is 0 Å². The van der Waals surface area contributed by atoms with Crippen molar-refractivity contribution in [2.45, 2.75) is 31.6 Å². The highest BCUT2D eigenvalue weighted by atomic mass is 32.1. The molecule has 2 rings (SSSR count). The molecule has 1 unspecified atom stereocenters. The average Bonchev–Trinajstić information content (AvgIpc) is 2.56. The first-order valence-electron chi connectivity index (χ1n) is 4.40. The number of rotatable bonds is 1. The van der Waals surface area contributed by atoms with Gasteiger partial charge in [-0.1, -0.05) is 0 Å². The van der Waals surface area contributed by atoms with Crippen molar-refractivity contribution in [2.24, 2.45) is 0 Å². The summed E-state index contributed by atoms with van der Waals surface area (Å²) in [5.74, 6) is 0.968. The van der Waals surface area contributed by atoms with Gasteiger partial charge in [-0.25, -0.2) is 0 Å². The predicted octanol–water partition coefficient (Wildman–Crippen LogP) is 2.97. The van der Waals surface area contributed by atoms with Crippen molar-refractivity contribution < 1.29 is 4.79 Å². The van der Waals surface area contributed by atoms with Gasteiger partial charge < -0.3 is 0 Å². The Bertz CT molecular complexity index is 263. The second kappa shape index (κ2) is 3.40. The summed E-state index contributed by atoms with van der Waals surface area (Å²) in [4.78, 5) is 11.2. The molecule has 1 aliphatic rings. The van der Waals surface area contributed by atoms with Crippen molar-refractivity contribution in [3.05, 3.63) is 22.4 Å². The minimum atomic E-state index is 0.442. The SMILES string of the molecule is O=C1CCCC(c2ccsc2)C1. The fourth-order valence-corrected chi connectivity index (χ4v) is 2.56. The van der Waals surface area contributed by atoms with Gasteiger partial charge in [-0.2, -0.15) is 11.3 Å². The fraction of sp³-hybridized carbons (Fsp3) is 0.500. The molecule has 1 saturated carbocycles. The highest BCUT2D eigenvalue weighted by Crippen LogP contribution is 2.31. The zero-order chi connectivity index (χ0) is 8.39. The van der Waals surface area contributed by atoms with Crippen molar-refractivity contribution in [1.82, 2.24) is 0 Å². The number of carbonyl (C=O) groups excluding carboxylic acids is 1.